The molecule has 0 aromatic carbocycles. The van der Waals surface area contributed by atoms with E-state index in [0.717, 1.165) is 40.4 Å². The lowest BCUT2D eigenvalue weighted by Crippen LogP contribution is -2.34. The minimum atomic E-state index is -0.672. The number of aromatic nitrogens is 2. The van der Waals surface area contributed by atoms with Crippen molar-refractivity contribution in [3.05, 3.63) is 59.8 Å². The van der Waals surface area contributed by atoms with Crippen molar-refractivity contribution in [3.8, 4) is 11.3 Å². The van der Waals surface area contributed by atoms with Gasteiger partial charge >= 0.3 is 0 Å². The molecular formula is C24H27FN4S. The summed E-state index contributed by atoms with van der Waals surface area (Å²) in [7, 11) is 4.02. The zero-order valence-electron chi connectivity index (χ0n) is 17.7. The third-order valence-electron chi connectivity index (χ3n) is 5.29. The maximum Gasteiger partial charge on any atom is 0.128 e. The topological polar surface area (TPSA) is 32.3 Å². The summed E-state index contributed by atoms with van der Waals surface area (Å²) < 4.78 is 13.4. The van der Waals surface area contributed by atoms with Crippen molar-refractivity contribution in [2.24, 2.45) is 0 Å². The molecule has 0 aliphatic carbocycles. The van der Waals surface area contributed by atoms with E-state index in [9.17, 15) is 4.39 Å². The molecule has 0 saturated carbocycles. The summed E-state index contributed by atoms with van der Waals surface area (Å²) >= 11 is 1.71. The lowest BCUT2D eigenvalue weighted by Gasteiger charge is -2.29. The first-order valence-corrected chi connectivity index (χ1v) is 11.1. The summed E-state index contributed by atoms with van der Waals surface area (Å²) in [5.74, 6) is 0.914. The standard InChI is InChI=1S/C24H27FN4S/c1-17(5-4-12-28(2)3)22-15-18-6-8-21(27-24(18)30-22)19-7-9-23(26-16-19)29-13-10-20(25)11-14-29/h4-9,12,15-16,20H,10-11,13-14H2,1-3H3/b12-4+,17-5+. The molecule has 6 heteroatoms. The third kappa shape index (κ3) is 4.70. The van der Waals surface area contributed by atoms with Gasteiger partial charge in [-0.25, -0.2) is 14.4 Å². The van der Waals surface area contributed by atoms with Gasteiger partial charge in [0.15, 0.2) is 0 Å². The summed E-state index contributed by atoms with van der Waals surface area (Å²) in [5.41, 5.74) is 3.14. The zero-order valence-corrected chi connectivity index (χ0v) is 18.5. The second-order valence-electron chi connectivity index (χ2n) is 7.92. The van der Waals surface area contributed by atoms with Crippen LogP contribution in [-0.4, -0.2) is 48.2 Å². The first-order chi connectivity index (χ1) is 14.5. The molecule has 3 aromatic rings. The number of piperidine rings is 1. The number of anilines is 1. The molecule has 1 aliphatic rings. The van der Waals surface area contributed by atoms with Gasteiger partial charge in [0.25, 0.3) is 0 Å². The summed E-state index contributed by atoms with van der Waals surface area (Å²) in [5, 5.41) is 1.15. The van der Waals surface area contributed by atoms with Gasteiger partial charge in [-0.05, 0) is 67.9 Å². The maximum absolute atomic E-state index is 13.4. The second kappa shape index (κ2) is 8.96. The van der Waals surface area contributed by atoms with Crippen LogP contribution in [0.1, 0.15) is 24.6 Å². The van der Waals surface area contributed by atoms with Gasteiger partial charge in [0.05, 0.1) is 5.69 Å². The molecule has 3 aromatic heterocycles. The Kier molecular flexibility index (Phi) is 6.13. The molecule has 0 spiro atoms. The van der Waals surface area contributed by atoms with Crippen LogP contribution in [-0.2, 0) is 0 Å². The van der Waals surface area contributed by atoms with Crippen molar-refractivity contribution in [1.82, 2.24) is 14.9 Å². The smallest absolute Gasteiger partial charge is 0.128 e. The molecule has 4 heterocycles. The third-order valence-corrected chi connectivity index (χ3v) is 6.47. The van der Waals surface area contributed by atoms with E-state index < -0.39 is 6.17 Å². The highest BCUT2D eigenvalue weighted by molar-refractivity contribution is 7.19. The Bertz CT molecular complexity index is 1060. The summed E-state index contributed by atoms with van der Waals surface area (Å²) in [6.07, 6.45) is 8.58. The molecule has 1 fully saturated rings. The van der Waals surface area contributed by atoms with Gasteiger partial charge in [-0.3, -0.25) is 0 Å². The zero-order chi connectivity index (χ0) is 21.1. The lowest BCUT2D eigenvalue weighted by atomic mass is 10.1. The summed E-state index contributed by atoms with van der Waals surface area (Å²) in [6, 6.07) is 10.4. The van der Waals surface area contributed by atoms with E-state index in [-0.39, 0.29) is 0 Å². The lowest BCUT2D eigenvalue weighted by molar-refractivity contribution is 0.277. The number of alkyl halides is 1. The van der Waals surface area contributed by atoms with Crippen LogP contribution in [0.4, 0.5) is 10.2 Å². The van der Waals surface area contributed by atoms with Crippen molar-refractivity contribution in [1.29, 1.82) is 0 Å². The normalized spacial score (nSPS) is 16.0. The molecule has 30 heavy (non-hydrogen) atoms. The Morgan fingerprint density at radius 2 is 2.00 bits per heavy atom. The Hall–Kier alpha value is -2.73. The van der Waals surface area contributed by atoms with E-state index in [4.69, 9.17) is 4.98 Å². The highest BCUT2D eigenvalue weighted by atomic mass is 32.1. The van der Waals surface area contributed by atoms with Gasteiger partial charge in [0.1, 0.15) is 16.8 Å². The predicted molar refractivity (Wildman–Crippen MR) is 126 cm³/mol. The number of fused-ring (bicyclic) bond motifs is 1. The summed E-state index contributed by atoms with van der Waals surface area (Å²) in [6.45, 7) is 3.58. The fourth-order valence-corrected chi connectivity index (χ4v) is 4.53. The van der Waals surface area contributed by atoms with Crippen LogP contribution in [0.5, 0.6) is 0 Å². The first-order valence-electron chi connectivity index (χ1n) is 10.3. The van der Waals surface area contributed by atoms with Gasteiger partial charge in [-0.15, -0.1) is 11.3 Å². The number of halogens is 1. The van der Waals surface area contributed by atoms with Crippen LogP contribution in [0.15, 0.2) is 54.9 Å². The largest absolute Gasteiger partial charge is 0.383 e. The fraction of sp³-hybridized carbons (Fsp3) is 0.333. The molecule has 0 N–H and O–H groups in total. The molecule has 0 unspecified atom stereocenters. The van der Waals surface area contributed by atoms with Crippen molar-refractivity contribution < 1.29 is 4.39 Å². The van der Waals surface area contributed by atoms with E-state index in [1.165, 1.54) is 10.5 Å². The molecule has 0 amide bonds. The Morgan fingerprint density at radius 1 is 1.20 bits per heavy atom. The number of pyridine rings is 2. The van der Waals surface area contributed by atoms with Crippen LogP contribution in [0.2, 0.25) is 0 Å². The number of hydrogen-bond donors (Lipinski definition) is 0. The van der Waals surface area contributed by atoms with Gasteiger partial charge in [-0.1, -0.05) is 6.08 Å². The van der Waals surface area contributed by atoms with Gasteiger partial charge in [0, 0.05) is 49.2 Å². The van der Waals surface area contributed by atoms with Crippen LogP contribution in [0.3, 0.4) is 0 Å². The Morgan fingerprint density at radius 3 is 2.70 bits per heavy atom. The molecule has 0 radical (unpaired) electrons. The number of hydrogen-bond acceptors (Lipinski definition) is 5. The van der Waals surface area contributed by atoms with Crippen LogP contribution >= 0.6 is 11.3 Å². The van der Waals surface area contributed by atoms with Gasteiger partial charge in [0.2, 0.25) is 0 Å². The average Bonchev–Trinajstić information content (AvgIpc) is 3.18. The molecule has 0 bridgehead atoms. The van der Waals surface area contributed by atoms with Gasteiger partial charge < -0.3 is 9.80 Å². The maximum atomic E-state index is 13.4. The average molecular weight is 423 g/mol. The minimum Gasteiger partial charge on any atom is -0.383 e. The minimum absolute atomic E-state index is 0.584. The molecule has 0 atom stereocenters. The molecular weight excluding hydrogens is 395 g/mol. The molecule has 156 valence electrons. The van der Waals surface area contributed by atoms with Crippen molar-refractivity contribution in [3.63, 3.8) is 0 Å². The second-order valence-corrected chi connectivity index (χ2v) is 8.95. The van der Waals surface area contributed by atoms with Gasteiger partial charge in [-0.2, -0.15) is 0 Å². The van der Waals surface area contributed by atoms with Crippen molar-refractivity contribution >= 4 is 32.9 Å². The number of nitrogens with zero attached hydrogens (tertiary/aromatic N) is 4. The fourth-order valence-electron chi connectivity index (χ4n) is 3.52. The Balaban J connectivity index is 1.53. The highest BCUT2D eigenvalue weighted by Gasteiger charge is 2.19. The number of thiophene rings is 1. The predicted octanol–water partition coefficient (Wildman–Crippen LogP) is 5.78. The van der Waals surface area contributed by atoms with E-state index in [1.54, 1.807) is 11.3 Å². The Labute approximate surface area is 181 Å². The summed E-state index contributed by atoms with van der Waals surface area (Å²) in [4.78, 5) is 15.9. The number of allylic oxidation sites excluding steroid dienone is 3. The molecule has 1 aliphatic heterocycles. The molecule has 4 nitrogen and oxygen atoms in total. The molecule has 1 saturated heterocycles. The van der Waals surface area contributed by atoms with E-state index in [0.29, 0.717) is 12.8 Å². The number of rotatable bonds is 5. The van der Waals surface area contributed by atoms with Crippen molar-refractivity contribution in [2.45, 2.75) is 25.9 Å². The van der Waals surface area contributed by atoms with E-state index in [1.807, 2.05) is 37.5 Å². The monoisotopic (exact) mass is 422 g/mol. The van der Waals surface area contributed by atoms with E-state index >= 15 is 0 Å². The van der Waals surface area contributed by atoms with Crippen molar-refractivity contribution in [2.75, 3.05) is 32.1 Å². The van der Waals surface area contributed by atoms with Crippen LogP contribution in [0, 0.1) is 0 Å². The molecule has 4 rings (SSSR count). The van der Waals surface area contributed by atoms with Crippen LogP contribution < -0.4 is 4.90 Å². The van der Waals surface area contributed by atoms with E-state index in [2.05, 4.69) is 53.2 Å². The highest BCUT2D eigenvalue weighted by Crippen LogP contribution is 2.31. The quantitative estimate of drug-likeness (QED) is 0.488. The first kappa shape index (κ1) is 20.5. The van der Waals surface area contributed by atoms with Crippen LogP contribution in [0.25, 0.3) is 27.0 Å². The SMILES string of the molecule is C/C(=C\C=C\N(C)C)c1cc2ccc(-c3ccc(N4CCC(F)CC4)nc3)nc2s1.